The Hall–Kier alpha value is -1.06. The van der Waals surface area contributed by atoms with E-state index in [1.54, 1.807) is 11.8 Å². The molecule has 0 radical (unpaired) electrons. The lowest BCUT2D eigenvalue weighted by atomic mass is 10.3. The second kappa shape index (κ2) is 5.51. The molecule has 106 valence electrons. The lowest BCUT2D eigenvalue weighted by molar-refractivity contribution is 0.0692. The summed E-state index contributed by atoms with van der Waals surface area (Å²) in [4.78, 5) is 11.0. The van der Waals surface area contributed by atoms with Gasteiger partial charge in [-0.2, -0.15) is 21.2 Å². The zero-order chi connectivity index (χ0) is 14.0. The Bertz CT molecular complexity index is 569. The summed E-state index contributed by atoms with van der Waals surface area (Å²) in [5, 5.41) is 14.7. The number of H-pyrrole nitrogens is 1. The Balaban J connectivity index is 2.31. The highest BCUT2D eigenvalue weighted by atomic mass is 32.2. The van der Waals surface area contributed by atoms with E-state index < -0.39 is 16.0 Å². The SMILES string of the molecule is CCC1CN(S(=O)(=O)c2[nH]ncc2C(=O)O)CCS1. The van der Waals surface area contributed by atoms with Gasteiger partial charge in [0.2, 0.25) is 0 Å². The number of sulfonamides is 1. The maximum atomic E-state index is 12.4. The first-order valence-corrected chi connectivity index (χ1v) is 8.34. The topological polar surface area (TPSA) is 103 Å². The van der Waals surface area contributed by atoms with Gasteiger partial charge < -0.3 is 5.11 Å². The summed E-state index contributed by atoms with van der Waals surface area (Å²) < 4.78 is 26.2. The monoisotopic (exact) mass is 305 g/mol. The number of nitrogens with zero attached hydrogens (tertiary/aromatic N) is 2. The molecule has 19 heavy (non-hydrogen) atoms. The van der Waals surface area contributed by atoms with Crippen LogP contribution in [0.4, 0.5) is 0 Å². The van der Waals surface area contributed by atoms with Gasteiger partial charge >= 0.3 is 5.97 Å². The van der Waals surface area contributed by atoms with Gasteiger partial charge in [0.15, 0.2) is 5.03 Å². The molecule has 1 aromatic rings. The lowest BCUT2D eigenvalue weighted by Crippen LogP contribution is -2.42. The van der Waals surface area contributed by atoms with Gasteiger partial charge in [0.05, 0.1) is 6.20 Å². The number of rotatable bonds is 4. The van der Waals surface area contributed by atoms with Crippen molar-refractivity contribution in [2.24, 2.45) is 0 Å². The number of carbonyl (C=O) groups is 1. The highest BCUT2D eigenvalue weighted by molar-refractivity contribution is 8.00. The van der Waals surface area contributed by atoms with Crippen molar-refractivity contribution in [2.75, 3.05) is 18.8 Å². The van der Waals surface area contributed by atoms with Crippen molar-refractivity contribution in [3.8, 4) is 0 Å². The van der Waals surface area contributed by atoms with E-state index in [4.69, 9.17) is 5.11 Å². The van der Waals surface area contributed by atoms with Crippen LogP contribution in [-0.4, -0.2) is 58.1 Å². The summed E-state index contributed by atoms with van der Waals surface area (Å²) in [6.07, 6.45) is 1.90. The van der Waals surface area contributed by atoms with Crippen LogP contribution in [0.3, 0.4) is 0 Å². The van der Waals surface area contributed by atoms with Crippen molar-refractivity contribution < 1.29 is 18.3 Å². The van der Waals surface area contributed by atoms with Crippen LogP contribution in [0.2, 0.25) is 0 Å². The van der Waals surface area contributed by atoms with Crippen LogP contribution in [0.15, 0.2) is 11.2 Å². The minimum atomic E-state index is -3.82. The van der Waals surface area contributed by atoms with Crippen molar-refractivity contribution >= 4 is 27.8 Å². The number of hydrogen-bond acceptors (Lipinski definition) is 5. The normalized spacial score (nSPS) is 21.4. The standard InChI is InChI=1S/C10H15N3O4S2/c1-2-7-6-13(3-4-18-7)19(16,17)9-8(10(14)15)5-11-12-9/h5,7H,2-4,6H2,1H3,(H,11,12)(H,14,15). The number of aromatic amines is 1. The third kappa shape index (κ3) is 2.77. The number of thioether (sulfide) groups is 1. The summed E-state index contributed by atoms with van der Waals surface area (Å²) in [5.41, 5.74) is -0.314. The largest absolute Gasteiger partial charge is 0.478 e. The molecule has 9 heteroatoms. The van der Waals surface area contributed by atoms with E-state index in [1.807, 2.05) is 6.92 Å². The highest BCUT2D eigenvalue weighted by Crippen LogP contribution is 2.26. The number of hydrogen-bond donors (Lipinski definition) is 2. The minimum Gasteiger partial charge on any atom is -0.478 e. The third-order valence-electron chi connectivity index (χ3n) is 2.99. The molecule has 2 heterocycles. The molecule has 1 fully saturated rings. The van der Waals surface area contributed by atoms with Crippen LogP contribution >= 0.6 is 11.8 Å². The second-order valence-corrected chi connectivity index (χ2v) is 7.47. The van der Waals surface area contributed by atoms with Gasteiger partial charge in [-0.1, -0.05) is 6.92 Å². The number of aromatic carboxylic acids is 1. The Kier molecular flexibility index (Phi) is 4.16. The zero-order valence-electron chi connectivity index (χ0n) is 10.4. The highest BCUT2D eigenvalue weighted by Gasteiger charge is 2.34. The quantitative estimate of drug-likeness (QED) is 0.845. The van der Waals surface area contributed by atoms with Crippen LogP contribution < -0.4 is 0 Å². The maximum absolute atomic E-state index is 12.4. The minimum absolute atomic E-state index is 0.250. The van der Waals surface area contributed by atoms with Gasteiger partial charge in [0, 0.05) is 24.1 Å². The Morgan fingerprint density at radius 2 is 2.42 bits per heavy atom. The van der Waals surface area contributed by atoms with Crippen molar-refractivity contribution in [2.45, 2.75) is 23.6 Å². The Morgan fingerprint density at radius 3 is 3.05 bits per heavy atom. The Morgan fingerprint density at radius 1 is 1.68 bits per heavy atom. The van der Waals surface area contributed by atoms with E-state index in [-0.39, 0.29) is 15.8 Å². The molecule has 1 unspecified atom stereocenters. The van der Waals surface area contributed by atoms with Crippen LogP contribution in [-0.2, 0) is 10.0 Å². The first kappa shape index (κ1) is 14.4. The van der Waals surface area contributed by atoms with Gasteiger partial charge in [0.25, 0.3) is 10.0 Å². The molecular formula is C10H15N3O4S2. The summed E-state index contributed by atoms with van der Waals surface area (Å²) in [5.74, 6) is -0.584. The van der Waals surface area contributed by atoms with E-state index in [1.165, 1.54) is 4.31 Å². The van der Waals surface area contributed by atoms with Crippen LogP contribution in [0.25, 0.3) is 0 Å². The van der Waals surface area contributed by atoms with Gasteiger partial charge in [-0.05, 0) is 6.42 Å². The fraction of sp³-hybridized carbons (Fsp3) is 0.600. The first-order valence-electron chi connectivity index (χ1n) is 5.85. The van der Waals surface area contributed by atoms with Gasteiger partial charge in [0.1, 0.15) is 5.56 Å². The molecule has 1 saturated heterocycles. The molecule has 2 rings (SSSR count). The molecular weight excluding hydrogens is 290 g/mol. The molecule has 0 amide bonds. The van der Waals surface area contributed by atoms with Crippen LogP contribution in [0.1, 0.15) is 23.7 Å². The lowest BCUT2D eigenvalue weighted by Gasteiger charge is -2.30. The van der Waals surface area contributed by atoms with Gasteiger partial charge in [-0.15, -0.1) is 0 Å². The van der Waals surface area contributed by atoms with Crippen molar-refractivity contribution in [3.05, 3.63) is 11.8 Å². The van der Waals surface area contributed by atoms with E-state index in [2.05, 4.69) is 10.2 Å². The molecule has 1 atom stereocenters. The molecule has 1 aromatic heterocycles. The maximum Gasteiger partial charge on any atom is 0.340 e. The third-order valence-corrected chi connectivity index (χ3v) is 6.20. The molecule has 1 aliphatic rings. The smallest absolute Gasteiger partial charge is 0.340 e. The van der Waals surface area contributed by atoms with Crippen LogP contribution in [0, 0.1) is 0 Å². The van der Waals surface area contributed by atoms with E-state index >= 15 is 0 Å². The molecule has 0 saturated carbocycles. The number of aromatic nitrogens is 2. The molecule has 2 N–H and O–H groups in total. The van der Waals surface area contributed by atoms with E-state index in [0.717, 1.165) is 12.6 Å². The number of nitrogens with one attached hydrogen (secondary N) is 1. The van der Waals surface area contributed by atoms with Crippen molar-refractivity contribution in [1.29, 1.82) is 0 Å². The van der Waals surface area contributed by atoms with Crippen molar-refractivity contribution in [3.63, 3.8) is 0 Å². The fourth-order valence-corrected chi connectivity index (χ4v) is 4.85. The molecule has 7 nitrogen and oxygen atoms in total. The average Bonchev–Trinajstić information content (AvgIpc) is 2.89. The van der Waals surface area contributed by atoms with Crippen LogP contribution in [0.5, 0.6) is 0 Å². The summed E-state index contributed by atoms with van der Waals surface area (Å²) >= 11 is 1.74. The number of carboxylic acid groups (broad SMARTS) is 1. The molecule has 0 aromatic carbocycles. The first-order chi connectivity index (χ1) is 8.96. The summed E-state index contributed by atoms with van der Waals surface area (Å²) in [6.45, 7) is 2.80. The predicted molar refractivity (Wildman–Crippen MR) is 70.8 cm³/mol. The van der Waals surface area contributed by atoms with E-state index in [0.29, 0.717) is 18.8 Å². The molecule has 0 aliphatic carbocycles. The molecule has 0 bridgehead atoms. The van der Waals surface area contributed by atoms with Gasteiger partial charge in [-0.3, -0.25) is 5.10 Å². The van der Waals surface area contributed by atoms with Crippen molar-refractivity contribution in [1.82, 2.24) is 14.5 Å². The Labute approximate surface area is 115 Å². The average molecular weight is 305 g/mol. The fourth-order valence-electron chi connectivity index (χ4n) is 1.91. The second-order valence-electron chi connectivity index (χ2n) is 4.18. The zero-order valence-corrected chi connectivity index (χ0v) is 12.0. The number of carboxylic acids is 1. The molecule has 1 aliphatic heterocycles. The summed E-state index contributed by atoms with van der Waals surface area (Å²) in [7, 11) is -3.82. The molecule has 0 spiro atoms. The predicted octanol–water partition coefficient (Wildman–Crippen LogP) is 0.624. The summed E-state index contributed by atoms with van der Waals surface area (Å²) in [6, 6.07) is 0. The van der Waals surface area contributed by atoms with Gasteiger partial charge in [-0.25, -0.2) is 13.2 Å². The van der Waals surface area contributed by atoms with E-state index in [9.17, 15) is 13.2 Å².